The first-order valence-corrected chi connectivity index (χ1v) is 5.11. The number of carbonyl (C=O) groups excluding carboxylic acids is 1. The Labute approximate surface area is 78.0 Å². The molecule has 0 unspecified atom stereocenters. The molecule has 2 heteroatoms. The summed E-state index contributed by atoms with van der Waals surface area (Å²) >= 11 is 0. The summed E-state index contributed by atoms with van der Waals surface area (Å²) in [6.07, 6.45) is 3.91. The number of rotatable bonds is 0. The summed E-state index contributed by atoms with van der Waals surface area (Å²) in [7, 11) is 0. The maximum absolute atomic E-state index is 11.7. The molecule has 1 saturated heterocycles. The van der Waals surface area contributed by atoms with Crippen molar-refractivity contribution in [2.45, 2.75) is 31.3 Å². The quantitative estimate of drug-likeness (QED) is 0.528. The second-order valence-electron chi connectivity index (χ2n) is 4.47. The second kappa shape index (κ2) is 2.24. The van der Waals surface area contributed by atoms with Crippen molar-refractivity contribution in [2.24, 2.45) is 11.8 Å². The van der Waals surface area contributed by atoms with Crippen LogP contribution in [0.15, 0.2) is 12.2 Å². The summed E-state index contributed by atoms with van der Waals surface area (Å²) in [5.41, 5.74) is 1.08. The fraction of sp³-hybridized carbons (Fsp3) is 0.727. The lowest BCUT2D eigenvalue weighted by Crippen LogP contribution is -2.60. The van der Waals surface area contributed by atoms with E-state index in [0.29, 0.717) is 11.7 Å². The Balaban J connectivity index is 2.00. The zero-order valence-corrected chi connectivity index (χ0v) is 7.71. The van der Waals surface area contributed by atoms with Crippen molar-refractivity contribution < 1.29 is 9.53 Å². The molecule has 3 rings (SSSR count). The molecule has 0 aromatic carbocycles. The van der Waals surface area contributed by atoms with E-state index < -0.39 is 0 Å². The molecule has 2 aliphatic carbocycles. The summed E-state index contributed by atoms with van der Waals surface area (Å²) in [5.74, 6) is 0.935. The predicted molar refractivity (Wildman–Crippen MR) is 48.3 cm³/mol. The summed E-state index contributed by atoms with van der Waals surface area (Å²) in [6.45, 7) is 4.86. The first-order valence-electron chi connectivity index (χ1n) is 5.11. The molecule has 0 aromatic rings. The monoisotopic (exact) mass is 178 g/mol. The second-order valence-corrected chi connectivity index (χ2v) is 4.47. The molecule has 13 heavy (non-hydrogen) atoms. The zero-order chi connectivity index (χ0) is 9.05. The molecule has 2 nitrogen and oxygen atoms in total. The van der Waals surface area contributed by atoms with E-state index >= 15 is 0 Å². The van der Waals surface area contributed by atoms with Crippen LogP contribution in [0.5, 0.6) is 0 Å². The Hall–Kier alpha value is -0.630. The first kappa shape index (κ1) is 7.74. The molecule has 3 aliphatic rings. The van der Waals surface area contributed by atoms with Crippen molar-refractivity contribution in [1.82, 2.24) is 0 Å². The fourth-order valence-corrected chi connectivity index (χ4v) is 3.47. The van der Waals surface area contributed by atoms with Gasteiger partial charge in [0.15, 0.2) is 0 Å². The third-order valence-corrected chi connectivity index (χ3v) is 3.99. The van der Waals surface area contributed by atoms with Crippen LogP contribution in [0.1, 0.15) is 25.7 Å². The molecule has 1 heterocycles. The molecule has 1 aliphatic heterocycles. The lowest BCUT2D eigenvalue weighted by atomic mass is 9.52. The van der Waals surface area contributed by atoms with E-state index in [0.717, 1.165) is 37.9 Å². The van der Waals surface area contributed by atoms with Crippen LogP contribution in [-0.4, -0.2) is 18.0 Å². The summed E-state index contributed by atoms with van der Waals surface area (Å²) in [4.78, 5) is 11.7. The summed E-state index contributed by atoms with van der Waals surface area (Å²) in [5, 5.41) is 0. The highest BCUT2D eigenvalue weighted by Gasteiger charge is 2.64. The van der Waals surface area contributed by atoms with Gasteiger partial charge in [-0.3, -0.25) is 4.79 Å². The Bertz CT molecular complexity index is 294. The third-order valence-electron chi connectivity index (χ3n) is 3.99. The molecule has 0 aromatic heterocycles. The van der Waals surface area contributed by atoms with Crippen LogP contribution in [0.3, 0.4) is 0 Å². The topological polar surface area (TPSA) is 26.3 Å². The highest BCUT2D eigenvalue weighted by molar-refractivity contribution is 5.88. The highest BCUT2D eigenvalue weighted by atomic mass is 16.5. The van der Waals surface area contributed by atoms with Gasteiger partial charge in [0.25, 0.3) is 0 Å². The average molecular weight is 178 g/mol. The SMILES string of the molecule is C=C1[C@@H]2C(=O)CCC[C@@]23OCC[C@@H]13. The minimum absolute atomic E-state index is 0.0637. The molecule has 2 saturated carbocycles. The molecule has 0 N–H and O–H groups in total. The van der Waals surface area contributed by atoms with E-state index in [1.54, 1.807) is 0 Å². The molecular weight excluding hydrogens is 164 g/mol. The van der Waals surface area contributed by atoms with Crippen LogP contribution in [0.2, 0.25) is 0 Å². The van der Waals surface area contributed by atoms with Gasteiger partial charge in [0.1, 0.15) is 5.78 Å². The normalized spacial score (nSPS) is 48.3. The maximum Gasteiger partial charge on any atom is 0.142 e. The smallest absolute Gasteiger partial charge is 0.142 e. The van der Waals surface area contributed by atoms with Crippen molar-refractivity contribution in [3.63, 3.8) is 0 Å². The van der Waals surface area contributed by atoms with E-state index in [4.69, 9.17) is 4.74 Å². The molecule has 3 atom stereocenters. The molecule has 0 bridgehead atoms. The van der Waals surface area contributed by atoms with Crippen molar-refractivity contribution in [3.8, 4) is 0 Å². The lowest BCUT2D eigenvalue weighted by Gasteiger charge is -2.54. The largest absolute Gasteiger partial charge is 0.373 e. The Morgan fingerprint density at radius 1 is 1.54 bits per heavy atom. The van der Waals surface area contributed by atoms with Gasteiger partial charge in [0.05, 0.1) is 11.5 Å². The van der Waals surface area contributed by atoms with Gasteiger partial charge in [-0.1, -0.05) is 12.2 Å². The van der Waals surface area contributed by atoms with Gasteiger partial charge in [0.2, 0.25) is 0 Å². The number of hydrogen-bond donors (Lipinski definition) is 0. The van der Waals surface area contributed by atoms with Gasteiger partial charge < -0.3 is 4.74 Å². The number of ether oxygens (including phenoxy) is 1. The van der Waals surface area contributed by atoms with Crippen LogP contribution < -0.4 is 0 Å². The van der Waals surface area contributed by atoms with Gasteiger partial charge in [-0.25, -0.2) is 0 Å². The van der Waals surface area contributed by atoms with E-state index in [2.05, 4.69) is 6.58 Å². The van der Waals surface area contributed by atoms with Crippen LogP contribution in [0, 0.1) is 11.8 Å². The molecule has 3 fully saturated rings. The molecule has 1 spiro atoms. The fourth-order valence-electron chi connectivity index (χ4n) is 3.47. The lowest BCUT2D eigenvalue weighted by molar-refractivity contribution is -0.153. The minimum atomic E-state index is -0.0770. The van der Waals surface area contributed by atoms with Crippen LogP contribution in [0.4, 0.5) is 0 Å². The Morgan fingerprint density at radius 2 is 2.38 bits per heavy atom. The van der Waals surface area contributed by atoms with Crippen molar-refractivity contribution in [3.05, 3.63) is 12.2 Å². The average Bonchev–Trinajstić information content (AvgIpc) is 2.43. The third kappa shape index (κ3) is 0.715. The van der Waals surface area contributed by atoms with Crippen molar-refractivity contribution in [1.29, 1.82) is 0 Å². The maximum atomic E-state index is 11.7. The molecule has 0 amide bonds. The zero-order valence-electron chi connectivity index (χ0n) is 7.71. The van der Waals surface area contributed by atoms with Gasteiger partial charge in [0, 0.05) is 18.9 Å². The Morgan fingerprint density at radius 3 is 3.23 bits per heavy atom. The number of Topliss-reactive ketones (excluding diaryl/α,β-unsaturated/α-hetero) is 1. The van der Waals surface area contributed by atoms with Crippen LogP contribution >= 0.6 is 0 Å². The summed E-state index contributed by atoms with van der Waals surface area (Å²) < 4.78 is 5.80. The summed E-state index contributed by atoms with van der Waals surface area (Å²) in [6, 6.07) is 0. The predicted octanol–water partition coefficient (Wildman–Crippen LogP) is 1.70. The Kier molecular flexibility index (Phi) is 1.33. The standard InChI is InChI=1S/C11H14O2/c1-7-8-4-6-13-11(8)5-2-3-9(12)10(7)11/h8,10H,1-6H2/t8-,10+,11-/m0/s1. The van der Waals surface area contributed by atoms with Crippen molar-refractivity contribution in [2.75, 3.05) is 6.61 Å². The number of carbonyl (C=O) groups is 1. The van der Waals surface area contributed by atoms with Gasteiger partial charge >= 0.3 is 0 Å². The van der Waals surface area contributed by atoms with E-state index in [9.17, 15) is 4.79 Å². The van der Waals surface area contributed by atoms with E-state index in [-0.39, 0.29) is 11.5 Å². The number of hydrogen-bond acceptors (Lipinski definition) is 2. The molecule has 0 radical (unpaired) electrons. The number of ketones is 1. The van der Waals surface area contributed by atoms with Crippen LogP contribution in [0.25, 0.3) is 0 Å². The van der Waals surface area contributed by atoms with Gasteiger partial charge in [-0.2, -0.15) is 0 Å². The highest BCUT2D eigenvalue weighted by Crippen LogP contribution is 2.60. The minimum Gasteiger partial charge on any atom is -0.373 e. The van der Waals surface area contributed by atoms with E-state index in [1.165, 1.54) is 0 Å². The van der Waals surface area contributed by atoms with Gasteiger partial charge in [-0.15, -0.1) is 0 Å². The van der Waals surface area contributed by atoms with Crippen molar-refractivity contribution >= 4 is 5.78 Å². The molecule has 70 valence electrons. The van der Waals surface area contributed by atoms with Gasteiger partial charge in [-0.05, 0) is 19.3 Å². The van der Waals surface area contributed by atoms with E-state index in [1.807, 2.05) is 0 Å². The molecular formula is C11H14O2. The van der Waals surface area contributed by atoms with Crippen LogP contribution in [-0.2, 0) is 9.53 Å². The first-order chi connectivity index (χ1) is 6.26.